The molecule has 1 aliphatic rings. The van der Waals surface area contributed by atoms with Crippen LogP contribution in [0.5, 0.6) is 0 Å². The molecular formula is C18H28N2O. The van der Waals surface area contributed by atoms with Crippen LogP contribution in [-0.4, -0.2) is 36.0 Å². The second-order valence-corrected chi connectivity index (χ2v) is 6.56. The van der Waals surface area contributed by atoms with E-state index in [-0.39, 0.29) is 11.9 Å². The van der Waals surface area contributed by atoms with Gasteiger partial charge in [0.05, 0.1) is 6.54 Å². The first-order valence-corrected chi connectivity index (χ1v) is 8.13. The number of amides is 1. The summed E-state index contributed by atoms with van der Waals surface area (Å²) >= 11 is 0. The fourth-order valence-electron chi connectivity index (χ4n) is 2.87. The quantitative estimate of drug-likeness (QED) is 0.873. The smallest absolute Gasteiger partial charge is 0.234 e. The zero-order valence-corrected chi connectivity index (χ0v) is 13.5. The predicted molar refractivity (Wildman–Crippen MR) is 87.2 cm³/mol. The van der Waals surface area contributed by atoms with Gasteiger partial charge >= 0.3 is 0 Å². The molecule has 1 heterocycles. The van der Waals surface area contributed by atoms with Crippen LogP contribution in [0.15, 0.2) is 30.3 Å². The zero-order chi connectivity index (χ0) is 15.2. The van der Waals surface area contributed by atoms with Gasteiger partial charge in [-0.15, -0.1) is 0 Å². The van der Waals surface area contributed by atoms with Crippen molar-refractivity contribution < 1.29 is 4.79 Å². The minimum Gasteiger partial charge on any atom is -0.352 e. The van der Waals surface area contributed by atoms with E-state index in [4.69, 9.17) is 0 Å². The standard InChI is InChI=1S/C18H28N2O/c1-14(2)15(3)19-18(21)13-20-11-7-10-17(20)12-16-8-5-4-6-9-16/h4-6,8-9,14-15,17H,7,10-13H2,1-3H3,(H,19,21). The molecule has 2 atom stereocenters. The van der Waals surface area contributed by atoms with Gasteiger partial charge in [0, 0.05) is 12.1 Å². The average Bonchev–Trinajstić information content (AvgIpc) is 2.86. The van der Waals surface area contributed by atoms with Crippen molar-refractivity contribution in [2.45, 2.75) is 52.1 Å². The molecule has 1 aromatic rings. The van der Waals surface area contributed by atoms with Gasteiger partial charge in [-0.3, -0.25) is 9.69 Å². The molecular weight excluding hydrogens is 260 g/mol. The molecule has 21 heavy (non-hydrogen) atoms. The lowest BCUT2D eigenvalue weighted by atomic mass is 10.0. The molecule has 1 N–H and O–H groups in total. The van der Waals surface area contributed by atoms with Gasteiger partial charge in [0.2, 0.25) is 5.91 Å². The second kappa shape index (κ2) is 7.60. The van der Waals surface area contributed by atoms with Crippen molar-refractivity contribution >= 4 is 5.91 Å². The van der Waals surface area contributed by atoms with Gasteiger partial charge in [0.15, 0.2) is 0 Å². The normalized spacial score (nSPS) is 20.7. The monoisotopic (exact) mass is 288 g/mol. The maximum absolute atomic E-state index is 12.2. The van der Waals surface area contributed by atoms with E-state index in [0.29, 0.717) is 18.5 Å². The summed E-state index contributed by atoms with van der Waals surface area (Å²) in [5.74, 6) is 0.642. The molecule has 0 saturated carbocycles. The van der Waals surface area contributed by atoms with Crippen molar-refractivity contribution in [1.82, 2.24) is 10.2 Å². The first-order chi connectivity index (χ1) is 10.1. The Balaban J connectivity index is 1.86. The molecule has 0 radical (unpaired) electrons. The van der Waals surface area contributed by atoms with Crippen LogP contribution < -0.4 is 5.32 Å². The molecule has 3 heteroatoms. The molecule has 0 bridgehead atoms. The Morgan fingerprint density at radius 3 is 2.67 bits per heavy atom. The largest absolute Gasteiger partial charge is 0.352 e. The van der Waals surface area contributed by atoms with E-state index in [9.17, 15) is 4.79 Å². The summed E-state index contributed by atoms with van der Waals surface area (Å²) in [6.45, 7) is 7.93. The molecule has 0 spiro atoms. The Morgan fingerprint density at radius 1 is 1.29 bits per heavy atom. The van der Waals surface area contributed by atoms with Crippen LogP contribution >= 0.6 is 0 Å². The van der Waals surface area contributed by atoms with Crippen LogP contribution in [0.25, 0.3) is 0 Å². The van der Waals surface area contributed by atoms with Crippen molar-refractivity contribution in [3.8, 4) is 0 Å². The van der Waals surface area contributed by atoms with Crippen LogP contribution in [0, 0.1) is 5.92 Å². The minimum absolute atomic E-state index is 0.163. The fraction of sp³-hybridized carbons (Fsp3) is 0.611. The van der Waals surface area contributed by atoms with E-state index in [2.05, 4.69) is 61.3 Å². The summed E-state index contributed by atoms with van der Waals surface area (Å²) in [4.78, 5) is 14.5. The number of hydrogen-bond acceptors (Lipinski definition) is 2. The van der Waals surface area contributed by atoms with Gasteiger partial charge in [0.1, 0.15) is 0 Å². The molecule has 1 aliphatic heterocycles. The third-order valence-corrected chi connectivity index (χ3v) is 4.55. The van der Waals surface area contributed by atoms with E-state index >= 15 is 0 Å². The average molecular weight is 288 g/mol. The van der Waals surface area contributed by atoms with E-state index in [1.807, 2.05) is 0 Å². The highest BCUT2D eigenvalue weighted by Crippen LogP contribution is 2.20. The Morgan fingerprint density at radius 2 is 2.00 bits per heavy atom. The number of likely N-dealkylation sites (tertiary alicyclic amines) is 1. The number of carbonyl (C=O) groups excluding carboxylic acids is 1. The third-order valence-electron chi connectivity index (χ3n) is 4.55. The lowest BCUT2D eigenvalue weighted by Gasteiger charge is -2.25. The van der Waals surface area contributed by atoms with Crippen molar-refractivity contribution in [1.29, 1.82) is 0 Å². The Labute approximate surface area is 128 Å². The van der Waals surface area contributed by atoms with Gasteiger partial charge in [-0.1, -0.05) is 44.2 Å². The molecule has 0 aromatic heterocycles. The van der Waals surface area contributed by atoms with Crippen LogP contribution in [0.1, 0.15) is 39.2 Å². The first kappa shape index (κ1) is 16.0. The molecule has 0 aliphatic carbocycles. The van der Waals surface area contributed by atoms with E-state index in [1.54, 1.807) is 0 Å². The number of rotatable bonds is 6. The van der Waals surface area contributed by atoms with Crippen molar-refractivity contribution in [2.24, 2.45) is 5.92 Å². The maximum Gasteiger partial charge on any atom is 0.234 e. The molecule has 2 rings (SSSR count). The van der Waals surface area contributed by atoms with Gasteiger partial charge in [0.25, 0.3) is 0 Å². The van der Waals surface area contributed by atoms with E-state index < -0.39 is 0 Å². The summed E-state index contributed by atoms with van der Waals surface area (Å²) in [5.41, 5.74) is 1.37. The summed E-state index contributed by atoms with van der Waals surface area (Å²) in [6, 6.07) is 11.3. The number of nitrogens with zero attached hydrogens (tertiary/aromatic N) is 1. The summed E-state index contributed by atoms with van der Waals surface area (Å²) in [5, 5.41) is 3.11. The summed E-state index contributed by atoms with van der Waals surface area (Å²) < 4.78 is 0. The van der Waals surface area contributed by atoms with Crippen LogP contribution in [0.4, 0.5) is 0 Å². The molecule has 1 aromatic carbocycles. The van der Waals surface area contributed by atoms with Crippen molar-refractivity contribution in [2.75, 3.05) is 13.1 Å². The highest BCUT2D eigenvalue weighted by molar-refractivity contribution is 5.78. The van der Waals surface area contributed by atoms with E-state index in [0.717, 1.165) is 13.0 Å². The third kappa shape index (κ3) is 4.85. The predicted octanol–water partition coefficient (Wildman–Crippen LogP) is 2.85. The van der Waals surface area contributed by atoms with Crippen molar-refractivity contribution in [3.63, 3.8) is 0 Å². The Bertz CT molecular complexity index is 444. The van der Waals surface area contributed by atoms with Gasteiger partial charge in [-0.05, 0) is 44.2 Å². The van der Waals surface area contributed by atoms with Crippen LogP contribution in [-0.2, 0) is 11.2 Å². The van der Waals surface area contributed by atoms with Gasteiger partial charge < -0.3 is 5.32 Å². The highest BCUT2D eigenvalue weighted by atomic mass is 16.2. The SMILES string of the molecule is CC(C)C(C)NC(=O)CN1CCCC1Cc1ccccc1. The first-order valence-electron chi connectivity index (χ1n) is 8.13. The van der Waals surface area contributed by atoms with Crippen molar-refractivity contribution in [3.05, 3.63) is 35.9 Å². The number of benzene rings is 1. The summed E-state index contributed by atoms with van der Waals surface area (Å²) in [7, 11) is 0. The zero-order valence-electron chi connectivity index (χ0n) is 13.5. The molecule has 1 fully saturated rings. The fourth-order valence-corrected chi connectivity index (χ4v) is 2.87. The molecule has 2 unspecified atom stereocenters. The highest BCUT2D eigenvalue weighted by Gasteiger charge is 2.26. The lowest BCUT2D eigenvalue weighted by Crippen LogP contribution is -2.44. The topological polar surface area (TPSA) is 32.3 Å². The van der Waals surface area contributed by atoms with Crippen LogP contribution in [0.3, 0.4) is 0 Å². The number of nitrogens with one attached hydrogen (secondary N) is 1. The lowest BCUT2D eigenvalue weighted by molar-refractivity contribution is -0.123. The van der Waals surface area contributed by atoms with E-state index in [1.165, 1.54) is 18.4 Å². The molecule has 3 nitrogen and oxygen atoms in total. The minimum atomic E-state index is 0.163. The van der Waals surface area contributed by atoms with Gasteiger partial charge in [-0.2, -0.15) is 0 Å². The number of carbonyl (C=O) groups is 1. The Kier molecular flexibility index (Phi) is 5.80. The van der Waals surface area contributed by atoms with Gasteiger partial charge in [-0.25, -0.2) is 0 Å². The van der Waals surface area contributed by atoms with Crippen LogP contribution in [0.2, 0.25) is 0 Å². The Hall–Kier alpha value is -1.35. The summed E-state index contributed by atoms with van der Waals surface area (Å²) in [6.07, 6.45) is 3.44. The molecule has 116 valence electrons. The maximum atomic E-state index is 12.2. The molecule has 1 saturated heterocycles. The second-order valence-electron chi connectivity index (χ2n) is 6.56. The number of hydrogen-bond donors (Lipinski definition) is 1. The molecule has 1 amide bonds.